The zero-order chi connectivity index (χ0) is 15.2. The standard InChI is InChI=1S/C15H18N4O2/c1-3-8-21-11-6-4-10(5-7-11)14-18-9-12(13(16)19-14)15(20)17-2/h4-7,9H,3,8H2,1-2H3,(H,17,20)(H2,16,18,19). The van der Waals surface area contributed by atoms with Gasteiger partial charge < -0.3 is 15.8 Å². The van der Waals surface area contributed by atoms with E-state index in [1.807, 2.05) is 24.3 Å². The van der Waals surface area contributed by atoms with Gasteiger partial charge in [0.25, 0.3) is 5.91 Å². The molecule has 0 saturated carbocycles. The van der Waals surface area contributed by atoms with Crippen LogP contribution in [0.4, 0.5) is 5.82 Å². The predicted octanol–water partition coefficient (Wildman–Crippen LogP) is 1.87. The number of aromatic nitrogens is 2. The molecule has 0 aliphatic carbocycles. The fourth-order valence-corrected chi connectivity index (χ4v) is 1.76. The molecule has 0 unspecified atom stereocenters. The molecule has 6 heteroatoms. The van der Waals surface area contributed by atoms with Crippen molar-refractivity contribution in [1.82, 2.24) is 15.3 Å². The lowest BCUT2D eigenvalue weighted by molar-refractivity contribution is 0.0963. The number of benzene rings is 1. The van der Waals surface area contributed by atoms with Gasteiger partial charge in [-0.1, -0.05) is 6.92 Å². The van der Waals surface area contributed by atoms with Crippen LogP contribution in [-0.2, 0) is 0 Å². The Morgan fingerprint density at radius 1 is 1.33 bits per heavy atom. The summed E-state index contributed by atoms with van der Waals surface area (Å²) in [5, 5.41) is 2.49. The largest absolute Gasteiger partial charge is 0.494 e. The number of rotatable bonds is 5. The van der Waals surface area contributed by atoms with Crippen LogP contribution in [0.15, 0.2) is 30.5 Å². The molecule has 1 aromatic heterocycles. The van der Waals surface area contributed by atoms with Crippen LogP contribution < -0.4 is 15.8 Å². The van der Waals surface area contributed by atoms with Crippen LogP contribution in [0, 0.1) is 0 Å². The molecule has 2 aromatic rings. The molecule has 0 saturated heterocycles. The average Bonchev–Trinajstić information content (AvgIpc) is 2.52. The van der Waals surface area contributed by atoms with E-state index >= 15 is 0 Å². The first-order chi connectivity index (χ1) is 10.2. The van der Waals surface area contributed by atoms with Crippen molar-refractivity contribution in [3.63, 3.8) is 0 Å². The molecular formula is C15H18N4O2. The fourth-order valence-electron chi connectivity index (χ4n) is 1.76. The Balaban J connectivity index is 2.22. The number of nitrogen functional groups attached to an aromatic ring is 1. The Kier molecular flexibility index (Phi) is 4.71. The lowest BCUT2D eigenvalue weighted by atomic mass is 10.2. The highest BCUT2D eigenvalue weighted by molar-refractivity contribution is 5.98. The van der Waals surface area contributed by atoms with Crippen molar-refractivity contribution < 1.29 is 9.53 Å². The lowest BCUT2D eigenvalue weighted by Crippen LogP contribution is -2.20. The summed E-state index contributed by atoms with van der Waals surface area (Å²) in [6.07, 6.45) is 2.39. The number of carbonyl (C=O) groups is 1. The molecule has 110 valence electrons. The minimum Gasteiger partial charge on any atom is -0.494 e. The van der Waals surface area contributed by atoms with Gasteiger partial charge in [-0.3, -0.25) is 4.79 Å². The second-order valence-corrected chi connectivity index (χ2v) is 4.44. The molecular weight excluding hydrogens is 268 g/mol. The third-order valence-electron chi connectivity index (χ3n) is 2.88. The summed E-state index contributed by atoms with van der Waals surface area (Å²) in [5.41, 5.74) is 6.88. The first-order valence-electron chi connectivity index (χ1n) is 6.73. The summed E-state index contributed by atoms with van der Waals surface area (Å²) in [5.74, 6) is 1.13. The van der Waals surface area contributed by atoms with Crippen molar-refractivity contribution in [3.8, 4) is 17.1 Å². The van der Waals surface area contributed by atoms with Crippen LogP contribution in [0.3, 0.4) is 0 Å². The van der Waals surface area contributed by atoms with E-state index in [2.05, 4.69) is 22.2 Å². The van der Waals surface area contributed by atoms with Crippen molar-refractivity contribution in [1.29, 1.82) is 0 Å². The van der Waals surface area contributed by atoms with Gasteiger partial charge in [0, 0.05) is 18.8 Å². The van der Waals surface area contributed by atoms with Crippen molar-refractivity contribution >= 4 is 11.7 Å². The summed E-state index contributed by atoms with van der Waals surface area (Å²) in [7, 11) is 1.53. The van der Waals surface area contributed by atoms with Crippen LogP contribution in [0.5, 0.6) is 5.75 Å². The van der Waals surface area contributed by atoms with Crippen molar-refractivity contribution in [3.05, 3.63) is 36.0 Å². The Morgan fingerprint density at radius 2 is 2.05 bits per heavy atom. The Hall–Kier alpha value is -2.63. The molecule has 1 amide bonds. The van der Waals surface area contributed by atoms with Crippen LogP contribution in [0.2, 0.25) is 0 Å². The second-order valence-electron chi connectivity index (χ2n) is 4.44. The van der Waals surface area contributed by atoms with Gasteiger partial charge in [0.15, 0.2) is 5.82 Å². The highest BCUT2D eigenvalue weighted by Crippen LogP contribution is 2.21. The number of anilines is 1. The van der Waals surface area contributed by atoms with E-state index in [0.29, 0.717) is 12.4 Å². The maximum atomic E-state index is 11.5. The molecule has 0 aliphatic heterocycles. The maximum Gasteiger partial charge on any atom is 0.256 e. The number of hydrogen-bond donors (Lipinski definition) is 2. The third kappa shape index (κ3) is 3.47. The molecule has 0 bridgehead atoms. The molecule has 0 aliphatic rings. The SMILES string of the molecule is CCCOc1ccc(-c2ncc(C(=O)NC)c(N)n2)cc1. The van der Waals surface area contributed by atoms with Crippen LogP contribution in [0.1, 0.15) is 23.7 Å². The molecule has 2 rings (SSSR count). The van der Waals surface area contributed by atoms with E-state index in [9.17, 15) is 4.79 Å². The van der Waals surface area contributed by atoms with Gasteiger partial charge in [-0.05, 0) is 30.7 Å². The summed E-state index contributed by atoms with van der Waals surface area (Å²) < 4.78 is 5.52. The fraction of sp³-hybridized carbons (Fsp3) is 0.267. The number of amides is 1. The molecule has 1 heterocycles. The number of nitrogens with two attached hydrogens (primary N) is 1. The van der Waals surface area contributed by atoms with Crippen molar-refractivity contribution in [2.75, 3.05) is 19.4 Å². The van der Waals surface area contributed by atoms with Crippen molar-refractivity contribution in [2.45, 2.75) is 13.3 Å². The Bertz CT molecular complexity index is 626. The predicted molar refractivity (Wildman–Crippen MR) is 81.1 cm³/mol. The van der Waals surface area contributed by atoms with Gasteiger partial charge in [-0.2, -0.15) is 0 Å². The smallest absolute Gasteiger partial charge is 0.256 e. The van der Waals surface area contributed by atoms with E-state index in [0.717, 1.165) is 17.7 Å². The minimum atomic E-state index is -0.303. The quantitative estimate of drug-likeness (QED) is 0.875. The van der Waals surface area contributed by atoms with Gasteiger partial charge in [0.05, 0.1) is 12.2 Å². The van der Waals surface area contributed by atoms with Crippen LogP contribution in [0.25, 0.3) is 11.4 Å². The normalized spacial score (nSPS) is 10.2. The van der Waals surface area contributed by atoms with Crippen molar-refractivity contribution in [2.24, 2.45) is 0 Å². The highest BCUT2D eigenvalue weighted by atomic mass is 16.5. The molecule has 0 atom stereocenters. The number of nitrogens with zero attached hydrogens (tertiary/aromatic N) is 2. The lowest BCUT2D eigenvalue weighted by Gasteiger charge is -2.07. The molecule has 3 N–H and O–H groups in total. The topological polar surface area (TPSA) is 90.1 Å². The zero-order valence-corrected chi connectivity index (χ0v) is 12.1. The molecule has 21 heavy (non-hydrogen) atoms. The van der Waals surface area contributed by atoms with Gasteiger partial charge in [0.1, 0.15) is 11.6 Å². The Labute approximate surface area is 123 Å². The van der Waals surface area contributed by atoms with E-state index in [1.165, 1.54) is 13.2 Å². The van der Waals surface area contributed by atoms with Gasteiger partial charge >= 0.3 is 0 Å². The Morgan fingerprint density at radius 3 is 2.62 bits per heavy atom. The average molecular weight is 286 g/mol. The molecule has 0 fully saturated rings. The highest BCUT2D eigenvalue weighted by Gasteiger charge is 2.11. The van der Waals surface area contributed by atoms with Crippen LogP contribution >= 0.6 is 0 Å². The number of hydrogen-bond acceptors (Lipinski definition) is 5. The summed E-state index contributed by atoms with van der Waals surface area (Å²) >= 11 is 0. The minimum absolute atomic E-state index is 0.158. The van der Waals surface area contributed by atoms with E-state index in [-0.39, 0.29) is 17.3 Å². The first kappa shape index (κ1) is 14.8. The molecule has 0 spiro atoms. The van der Waals surface area contributed by atoms with E-state index in [1.54, 1.807) is 0 Å². The number of nitrogens with one attached hydrogen (secondary N) is 1. The van der Waals surface area contributed by atoms with Crippen LogP contribution in [-0.4, -0.2) is 29.5 Å². The van der Waals surface area contributed by atoms with Gasteiger partial charge in [-0.25, -0.2) is 9.97 Å². The number of ether oxygens (including phenoxy) is 1. The summed E-state index contributed by atoms with van der Waals surface area (Å²) in [6.45, 7) is 2.74. The maximum absolute atomic E-state index is 11.5. The zero-order valence-electron chi connectivity index (χ0n) is 12.1. The molecule has 6 nitrogen and oxygen atoms in total. The summed E-state index contributed by atoms with van der Waals surface area (Å²) in [6, 6.07) is 7.44. The number of carbonyl (C=O) groups excluding carboxylic acids is 1. The summed E-state index contributed by atoms with van der Waals surface area (Å²) in [4.78, 5) is 19.9. The van der Waals surface area contributed by atoms with Gasteiger partial charge in [0.2, 0.25) is 0 Å². The first-order valence-corrected chi connectivity index (χ1v) is 6.73. The molecule has 0 radical (unpaired) electrons. The monoisotopic (exact) mass is 286 g/mol. The van der Waals surface area contributed by atoms with E-state index < -0.39 is 0 Å². The second kappa shape index (κ2) is 6.69. The molecule has 1 aromatic carbocycles. The van der Waals surface area contributed by atoms with Gasteiger partial charge in [-0.15, -0.1) is 0 Å². The third-order valence-corrected chi connectivity index (χ3v) is 2.88. The van der Waals surface area contributed by atoms with E-state index in [4.69, 9.17) is 10.5 Å².